The number of hydrogen-bond acceptors (Lipinski definition) is 3. The topological polar surface area (TPSA) is 62.2 Å². The number of anilines is 1. The molecule has 0 amide bonds. The molecule has 4 heteroatoms. The number of carboxylic acids is 1. The minimum atomic E-state index is -1.09. The van der Waals surface area contributed by atoms with Crippen molar-refractivity contribution in [1.29, 1.82) is 0 Å². The maximum atomic E-state index is 11.4. The number of benzene rings is 1. The number of nitrogens with zero attached hydrogens (tertiary/aromatic N) is 1. The van der Waals surface area contributed by atoms with E-state index in [0.717, 1.165) is 27.8 Å². The van der Waals surface area contributed by atoms with Crippen molar-refractivity contribution < 1.29 is 9.90 Å². The van der Waals surface area contributed by atoms with Crippen molar-refractivity contribution in [1.82, 2.24) is 4.98 Å². The Bertz CT molecular complexity index is 721. The summed E-state index contributed by atoms with van der Waals surface area (Å²) in [6, 6.07) is 7.91. The molecule has 0 bridgehead atoms. The number of carbonyl (C=O) groups is 1. The van der Waals surface area contributed by atoms with Gasteiger partial charge in [0.2, 0.25) is 0 Å². The van der Waals surface area contributed by atoms with Crippen LogP contribution in [0.3, 0.4) is 0 Å². The molecule has 0 saturated heterocycles. The zero-order valence-electron chi connectivity index (χ0n) is 10.8. The summed E-state index contributed by atoms with van der Waals surface area (Å²) >= 11 is 0. The minimum absolute atomic E-state index is 0.786. The van der Waals surface area contributed by atoms with Gasteiger partial charge in [-0.25, -0.2) is 4.79 Å². The van der Waals surface area contributed by atoms with Crippen molar-refractivity contribution in [2.24, 2.45) is 0 Å². The van der Waals surface area contributed by atoms with E-state index in [1.807, 2.05) is 37.3 Å². The van der Waals surface area contributed by atoms with Gasteiger partial charge in [-0.3, -0.25) is 4.98 Å². The second-order valence-corrected chi connectivity index (χ2v) is 5.02. The van der Waals surface area contributed by atoms with Gasteiger partial charge in [0, 0.05) is 11.1 Å². The summed E-state index contributed by atoms with van der Waals surface area (Å²) in [5, 5.41) is 13.4. The molecule has 1 unspecified atom stereocenters. The molecule has 96 valence electrons. The number of fused-ring (bicyclic) bond motifs is 3. The van der Waals surface area contributed by atoms with E-state index >= 15 is 0 Å². The van der Waals surface area contributed by atoms with Crippen LogP contribution >= 0.6 is 0 Å². The highest BCUT2D eigenvalue weighted by Crippen LogP contribution is 2.34. The van der Waals surface area contributed by atoms with E-state index in [4.69, 9.17) is 0 Å². The molecule has 1 aromatic carbocycles. The van der Waals surface area contributed by atoms with Gasteiger partial charge in [0.25, 0.3) is 0 Å². The van der Waals surface area contributed by atoms with Gasteiger partial charge in [-0.05, 0) is 31.6 Å². The third-order valence-electron chi connectivity index (χ3n) is 3.46. The van der Waals surface area contributed by atoms with Crippen molar-refractivity contribution >= 4 is 28.6 Å². The van der Waals surface area contributed by atoms with Crippen LogP contribution in [-0.2, 0) is 4.79 Å². The molecule has 2 N–H and O–H groups in total. The first-order chi connectivity index (χ1) is 8.99. The normalized spacial score (nSPS) is 20.9. The number of hydrogen-bond donors (Lipinski definition) is 2. The van der Waals surface area contributed by atoms with E-state index in [2.05, 4.69) is 10.3 Å². The van der Waals surface area contributed by atoms with Gasteiger partial charge in [0.15, 0.2) is 5.54 Å². The standard InChI is InChI=1S/C15H14N2O2/c1-9-3-4-10-5-6-11-7-8-15(2,14(18)19)17-13(11)12(10)16-9/h3-8,17H,1-2H3,(H,18,19). The SMILES string of the molecule is Cc1ccc2ccc3c(c2n1)NC(C)(C(=O)O)C=C3. The quantitative estimate of drug-likeness (QED) is 0.821. The molecule has 2 aromatic rings. The number of aromatic nitrogens is 1. The summed E-state index contributed by atoms with van der Waals surface area (Å²) < 4.78 is 0. The number of carboxylic acid groups (broad SMARTS) is 1. The Morgan fingerprint density at radius 1 is 1.32 bits per heavy atom. The lowest BCUT2D eigenvalue weighted by molar-refractivity contribution is -0.140. The smallest absolute Gasteiger partial charge is 0.333 e. The Balaban J connectivity index is 2.26. The number of rotatable bonds is 1. The van der Waals surface area contributed by atoms with Crippen LogP contribution in [0, 0.1) is 6.92 Å². The van der Waals surface area contributed by atoms with E-state index in [0.29, 0.717) is 0 Å². The zero-order valence-corrected chi connectivity index (χ0v) is 10.8. The van der Waals surface area contributed by atoms with Gasteiger partial charge in [-0.1, -0.05) is 24.3 Å². The average molecular weight is 254 g/mol. The highest BCUT2D eigenvalue weighted by atomic mass is 16.4. The third-order valence-corrected chi connectivity index (χ3v) is 3.46. The van der Waals surface area contributed by atoms with Crippen molar-refractivity contribution in [2.75, 3.05) is 5.32 Å². The minimum Gasteiger partial charge on any atom is -0.479 e. The molecule has 1 atom stereocenters. The van der Waals surface area contributed by atoms with E-state index in [1.165, 1.54) is 0 Å². The lowest BCUT2D eigenvalue weighted by Gasteiger charge is -2.29. The van der Waals surface area contributed by atoms with Crippen LogP contribution in [0.4, 0.5) is 5.69 Å². The average Bonchev–Trinajstić information content (AvgIpc) is 2.38. The third kappa shape index (κ3) is 1.76. The van der Waals surface area contributed by atoms with Crippen LogP contribution in [-0.4, -0.2) is 21.6 Å². The Labute approximate surface area is 110 Å². The lowest BCUT2D eigenvalue weighted by atomic mass is 9.93. The Morgan fingerprint density at radius 2 is 2.05 bits per heavy atom. The molecule has 19 heavy (non-hydrogen) atoms. The fourth-order valence-corrected chi connectivity index (χ4v) is 2.25. The summed E-state index contributed by atoms with van der Waals surface area (Å²) in [7, 11) is 0. The molecule has 0 saturated carbocycles. The number of aliphatic carboxylic acids is 1. The van der Waals surface area contributed by atoms with E-state index < -0.39 is 11.5 Å². The van der Waals surface area contributed by atoms with Crippen molar-refractivity contribution in [3.8, 4) is 0 Å². The predicted octanol–water partition coefficient (Wildman–Crippen LogP) is 2.83. The molecule has 1 aliphatic rings. The van der Waals surface area contributed by atoms with Gasteiger partial charge >= 0.3 is 5.97 Å². The van der Waals surface area contributed by atoms with Crippen molar-refractivity contribution in [2.45, 2.75) is 19.4 Å². The van der Waals surface area contributed by atoms with Crippen LogP contribution in [0.25, 0.3) is 17.0 Å². The molecule has 1 aliphatic heterocycles. The van der Waals surface area contributed by atoms with Gasteiger partial charge in [-0.15, -0.1) is 0 Å². The Kier molecular flexibility index (Phi) is 2.35. The Morgan fingerprint density at radius 3 is 2.79 bits per heavy atom. The lowest BCUT2D eigenvalue weighted by Crippen LogP contribution is -2.42. The summed E-state index contributed by atoms with van der Waals surface area (Å²) in [5.41, 5.74) is 2.38. The molecule has 0 fully saturated rings. The second kappa shape index (κ2) is 3.82. The maximum absolute atomic E-state index is 11.4. The van der Waals surface area contributed by atoms with Crippen molar-refractivity contribution in [3.05, 3.63) is 41.6 Å². The monoisotopic (exact) mass is 254 g/mol. The fourth-order valence-electron chi connectivity index (χ4n) is 2.25. The molecule has 3 rings (SSSR count). The van der Waals surface area contributed by atoms with Gasteiger partial charge < -0.3 is 10.4 Å². The van der Waals surface area contributed by atoms with Crippen LogP contribution in [0.2, 0.25) is 0 Å². The first-order valence-corrected chi connectivity index (χ1v) is 6.11. The van der Waals surface area contributed by atoms with Gasteiger partial charge in [-0.2, -0.15) is 0 Å². The fraction of sp³-hybridized carbons (Fsp3) is 0.200. The number of nitrogens with one attached hydrogen (secondary N) is 1. The van der Waals surface area contributed by atoms with Gasteiger partial charge in [0.05, 0.1) is 11.2 Å². The molecular weight excluding hydrogens is 240 g/mol. The second-order valence-electron chi connectivity index (χ2n) is 5.02. The van der Waals surface area contributed by atoms with Crippen LogP contribution in [0.15, 0.2) is 30.3 Å². The highest BCUT2D eigenvalue weighted by molar-refractivity contribution is 6.00. The summed E-state index contributed by atoms with van der Waals surface area (Å²) in [6.45, 7) is 3.57. The van der Waals surface area contributed by atoms with Crippen LogP contribution in [0.1, 0.15) is 18.2 Å². The molecule has 4 nitrogen and oxygen atoms in total. The summed E-state index contributed by atoms with van der Waals surface area (Å²) in [6.07, 6.45) is 3.50. The van der Waals surface area contributed by atoms with Crippen LogP contribution in [0.5, 0.6) is 0 Å². The summed E-state index contributed by atoms with van der Waals surface area (Å²) in [5.74, 6) is -0.904. The van der Waals surface area contributed by atoms with E-state index in [-0.39, 0.29) is 0 Å². The van der Waals surface area contributed by atoms with Crippen LogP contribution < -0.4 is 5.32 Å². The largest absolute Gasteiger partial charge is 0.479 e. The van der Waals surface area contributed by atoms with Crippen molar-refractivity contribution in [3.63, 3.8) is 0 Å². The van der Waals surface area contributed by atoms with E-state index in [1.54, 1.807) is 13.0 Å². The maximum Gasteiger partial charge on any atom is 0.333 e. The van der Waals surface area contributed by atoms with E-state index in [9.17, 15) is 9.90 Å². The highest BCUT2D eigenvalue weighted by Gasteiger charge is 2.33. The molecule has 0 radical (unpaired) electrons. The first kappa shape index (κ1) is 11.7. The number of aryl methyl sites for hydroxylation is 1. The summed E-state index contributed by atoms with van der Waals surface area (Å²) in [4.78, 5) is 15.9. The Hall–Kier alpha value is -2.36. The number of pyridine rings is 1. The van der Waals surface area contributed by atoms with Gasteiger partial charge in [0.1, 0.15) is 0 Å². The molecule has 0 spiro atoms. The zero-order chi connectivity index (χ0) is 13.6. The molecule has 2 heterocycles. The predicted molar refractivity (Wildman–Crippen MR) is 75.2 cm³/mol. The molecule has 1 aromatic heterocycles. The first-order valence-electron chi connectivity index (χ1n) is 6.11. The molecule has 0 aliphatic carbocycles. The molecular formula is C15H14N2O2.